The molecule has 0 saturated heterocycles. The van der Waals surface area contributed by atoms with Crippen molar-refractivity contribution in [2.75, 3.05) is 4.72 Å². The van der Waals surface area contributed by atoms with Crippen LogP contribution in [0, 0.1) is 0 Å². The maximum absolute atomic E-state index is 12.5. The van der Waals surface area contributed by atoms with Crippen LogP contribution in [0.25, 0.3) is 0 Å². The number of anilines is 1. The van der Waals surface area contributed by atoms with E-state index >= 15 is 0 Å². The molecule has 112 valence electrons. The minimum atomic E-state index is -3.56. The molecule has 0 bridgehead atoms. The number of alkyl halides is 1. The van der Waals surface area contributed by atoms with Gasteiger partial charge in [0.25, 0.3) is 10.0 Å². The zero-order valence-corrected chi connectivity index (χ0v) is 14.4. The summed E-state index contributed by atoms with van der Waals surface area (Å²) in [6.07, 6.45) is 0. The smallest absolute Gasteiger partial charge is 0.261 e. The fourth-order valence-corrected chi connectivity index (χ4v) is 3.52. The maximum atomic E-state index is 12.5. The standard InChI is InChI=1S/C16H18BrNO2S/c1-12(2)15-5-3-4-6-16(15)18-21(19,20)14-9-7-13(11-17)8-10-14/h3-10,12,18H,11H2,1-2H3. The number of para-hydroxylation sites is 1. The predicted octanol–water partition coefficient (Wildman–Crippen LogP) is 4.51. The summed E-state index contributed by atoms with van der Waals surface area (Å²) < 4.78 is 27.6. The Morgan fingerprint density at radius 1 is 1.05 bits per heavy atom. The van der Waals surface area contributed by atoms with Crippen LogP contribution >= 0.6 is 15.9 Å². The van der Waals surface area contributed by atoms with Crippen molar-refractivity contribution < 1.29 is 8.42 Å². The van der Waals surface area contributed by atoms with Crippen LogP contribution in [0.2, 0.25) is 0 Å². The summed E-state index contributed by atoms with van der Waals surface area (Å²) in [6.45, 7) is 4.08. The Labute approximate surface area is 134 Å². The van der Waals surface area contributed by atoms with Crippen molar-refractivity contribution >= 4 is 31.6 Å². The van der Waals surface area contributed by atoms with Gasteiger partial charge in [0, 0.05) is 5.33 Å². The molecule has 3 nitrogen and oxygen atoms in total. The Morgan fingerprint density at radius 3 is 2.24 bits per heavy atom. The second-order valence-corrected chi connectivity index (χ2v) is 7.37. The molecule has 0 aliphatic carbocycles. The Kier molecular flexibility index (Phi) is 5.06. The summed E-state index contributed by atoms with van der Waals surface area (Å²) in [5, 5.41) is 0.705. The molecule has 0 aliphatic heterocycles. The first-order valence-corrected chi connectivity index (χ1v) is 9.31. The van der Waals surface area contributed by atoms with Crippen molar-refractivity contribution in [2.45, 2.75) is 30.0 Å². The number of hydrogen-bond donors (Lipinski definition) is 1. The lowest BCUT2D eigenvalue weighted by atomic mass is 10.0. The molecule has 0 spiro atoms. The number of hydrogen-bond acceptors (Lipinski definition) is 2. The third kappa shape index (κ3) is 3.86. The molecule has 0 heterocycles. The van der Waals surface area contributed by atoms with E-state index in [4.69, 9.17) is 0 Å². The van der Waals surface area contributed by atoms with E-state index in [1.165, 1.54) is 0 Å². The van der Waals surface area contributed by atoms with Crippen LogP contribution in [-0.4, -0.2) is 8.42 Å². The van der Waals surface area contributed by atoms with Crippen LogP contribution < -0.4 is 4.72 Å². The molecular weight excluding hydrogens is 350 g/mol. The van der Waals surface area contributed by atoms with Crippen LogP contribution in [0.15, 0.2) is 53.4 Å². The van der Waals surface area contributed by atoms with Crippen LogP contribution in [0.3, 0.4) is 0 Å². The highest BCUT2D eigenvalue weighted by Gasteiger charge is 2.16. The van der Waals surface area contributed by atoms with Gasteiger partial charge in [0.1, 0.15) is 0 Å². The summed E-state index contributed by atoms with van der Waals surface area (Å²) in [6, 6.07) is 14.3. The lowest BCUT2D eigenvalue weighted by molar-refractivity contribution is 0.601. The van der Waals surface area contributed by atoms with Gasteiger partial charge in [0.05, 0.1) is 10.6 Å². The van der Waals surface area contributed by atoms with E-state index < -0.39 is 10.0 Å². The predicted molar refractivity (Wildman–Crippen MR) is 90.4 cm³/mol. The number of nitrogens with one attached hydrogen (secondary N) is 1. The van der Waals surface area contributed by atoms with E-state index in [0.29, 0.717) is 11.0 Å². The highest BCUT2D eigenvalue weighted by Crippen LogP contribution is 2.26. The van der Waals surface area contributed by atoms with Crippen molar-refractivity contribution in [1.29, 1.82) is 0 Å². The first-order valence-electron chi connectivity index (χ1n) is 6.70. The normalized spacial score (nSPS) is 11.6. The number of halogens is 1. The Morgan fingerprint density at radius 2 is 1.67 bits per heavy atom. The molecule has 2 aromatic rings. The van der Waals surface area contributed by atoms with E-state index in [-0.39, 0.29) is 10.8 Å². The van der Waals surface area contributed by atoms with Gasteiger partial charge in [-0.2, -0.15) is 0 Å². The SMILES string of the molecule is CC(C)c1ccccc1NS(=O)(=O)c1ccc(CBr)cc1. The minimum Gasteiger partial charge on any atom is -0.279 e. The fraction of sp³-hybridized carbons (Fsp3) is 0.250. The molecule has 2 rings (SSSR count). The monoisotopic (exact) mass is 367 g/mol. The molecule has 0 aliphatic rings. The topological polar surface area (TPSA) is 46.2 Å². The van der Waals surface area contributed by atoms with Gasteiger partial charge in [0.15, 0.2) is 0 Å². The summed E-state index contributed by atoms with van der Waals surface area (Å²) in [5.41, 5.74) is 2.66. The molecule has 0 saturated carbocycles. The largest absolute Gasteiger partial charge is 0.279 e. The Hall–Kier alpha value is -1.33. The second kappa shape index (κ2) is 6.62. The van der Waals surface area contributed by atoms with Crippen LogP contribution in [0.1, 0.15) is 30.9 Å². The Balaban J connectivity index is 2.33. The molecule has 0 unspecified atom stereocenters. The van der Waals surface area contributed by atoms with Gasteiger partial charge in [-0.1, -0.05) is 60.1 Å². The quantitative estimate of drug-likeness (QED) is 0.790. The highest BCUT2D eigenvalue weighted by molar-refractivity contribution is 9.08. The van der Waals surface area contributed by atoms with Crippen LogP contribution in [0.5, 0.6) is 0 Å². The van der Waals surface area contributed by atoms with E-state index in [0.717, 1.165) is 11.1 Å². The van der Waals surface area contributed by atoms with Gasteiger partial charge in [-0.15, -0.1) is 0 Å². The van der Waals surface area contributed by atoms with E-state index in [1.54, 1.807) is 30.3 Å². The van der Waals surface area contributed by atoms with Crippen molar-refractivity contribution in [2.24, 2.45) is 0 Å². The van der Waals surface area contributed by atoms with E-state index in [1.807, 2.05) is 32.0 Å². The molecule has 0 amide bonds. The van der Waals surface area contributed by atoms with E-state index in [9.17, 15) is 8.42 Å². The molecule has 0 aromatic heterocycles. The van der Waals surface area contributed by atoms with Gasteiger partial charge in [-0.05, 0) is 35.2 Å². The average Bonchev–Trinajstić information content (AvgIpc) is 2.47. The fourth-order valence-electron chi connectivity index (χ4n) is 2.05. The second-order valence-electron chi connectivity index (χ2n) is 5.13. The summed E-state index contributed by atoms with van der Waals surface area (Å²) >= 11 is 3.35. The summed E-state index contributed by atoms with van der Waals surface area (Å²) in [4.78, 5) is 0.269. The zero-order chi connectivity index (χ0) is 15.5. The van der Waals surface area contributed by atoms with E-state index in [2.05, 4.69) is 20.7 Å². The highest BCUT2D eigenvalue weighted by atomic mass is 79.9. The molecule has 1 N–H and O–H groups in total. The molecule has 21 heavy (non-hydrogen) atoms. The third-order valence-electron chi connectivity index (χ3n) is 3.22. The van der Waals surface area contributed by atoms with Crippen molar-refractivity contribution in [3.05, 3.63) is 59.7 Å². The van der Waals surface area contributed by atoms with Gasteiger partial charge in [0.2, 0.25) is 0 Å². The number of sulfonamides is 1. The lowest BCUT2D eigenvalue weighted by Gasteiger charge is -2.15. The maximum Gasteiger partial charge on any atom is 0.261 e. The van der Waals surface area contributed by atoms with Crippen molar-refractivity contribution in [3.63, 3.8) is 0 Å². The molecule has 0 radical (unpaired) electrons. The molecule has 5 heteroatoms. The van der Waals surface area contributed by atoms with Crippen LogP contribution in [-0.2, 0) is 15.4 Å². The van der Waals surface area contributed by atoms with Gasteiger partial charge >= 0.3 is 0 Å². The van der Waals surface area contributed by atoms with Gasteiger partial charge in [-0.25, -0.2) is 8.42 Å². The third-order valence-corrected chi connectivity index (χ3v) is 5.24. The minimum absolute atomic E-state index is 0.250. The molecule has 2 aromatic carbocycles. The first kappa shape index (κ1) is 16.0. The summed E-state index contributed by atoms with van der Waals surface area (Å²) in [7, 11) is -3.56. The van der Waals surface area contributed by atoms with Crippen LogP contribution in [0.4, 0.5) is 5.69 Å². The number of rotatable bonds is 5. The van der Waals surface area contributed by atoms with Gasteiger partial charge in [-0.3, -0.25) is 4.72 Å². The molecular formula is C16H18BrNO2S. The lowest BCUT2D eigenvalue weighted by Crippen LogP contribution is -2.14. The number of benzene rings is 2. The average molecular weight is 368 g/mol. The van der Waals surface area contributed by atoms with Crippen molar-refractivity contribution in [1.82, 2.24) is 0 Å². The molecule has 0 fully saturated rings. The zero-order valence-electron chi connectivity index (χ0n) is 12.0. The molecule has 0 atom stereocenters. The first-order chi connectivity index (χ1) is 9.94. The van der Waals surface area contributed by atoms with Crippen molar-refractivity contribution in [3.8, 4) is 0 Å². The van der Waals surface area contributed by atoms with Gasteiger partial charge < -0.3 is 0 Å². The Bertz CT molecular complexity index is 709. The summed E-state index contributed by atoms with van der Waals surface area (Å²) in [5.74, 6) is 0.250.